The van der Waals surface area contributed by atoms with E-state index in [2.05, 4.69) is 82.3 Å². The monoisotopic (exact) mass is 388 g/mol. The van der Waals surface area contributed by atoms with Crippen molar-refractivity contribution in [3.8, 4) is 0 Å². The third-order valence-electron chi connectivity index (χ3n) is 5.10. The standard InChI is InChI=1S/C19H21BrN2S/c1-21-11-10-17-16(12-21)15-4-3-5-18(19(15)22(17)2)23-14-8-6-13(20)7-9-14/h3-9,16-17H,10-12H2,1-2H3/t16-,17+/m0/s1. The summed E-state index contributed by atoms with van der Waals surface area (Å²) in [6, 6.07) is 16.1. The van der Waals surface area contributed by atoms with Gasteiger partial charge in [-0.25, -0.2) is 0 Å². The van der Waals surface area contributed by atoms with Crippen LogP contribution in [0.3, 0.4) is 0 Å². The van der Waals surface area contributed by atoms with Crippen LogP contribution < -0.4 is 4.90 Å². The second kappa shape index (κ2) is 6.15. The van der Waals surface area contributed by atoms with Crippen LogP contribution in [0.25, 0.3) is 0 Å². The number of likely N-dealkylation sites (N-methyl/N-ethyl adjacent to an activating group) is 2. The number of likely N-dealkylation sites (tertiary alicyclic amines) is 1. The van der Waals surface area contributed by atoms with Crippen molar-refractivity contribution in [1.82, 2.24) is 4.90 Å². The second-order valence-corrected chi connectivity index (χ2v) is 8.62. The number of para-hydroxylation sites is 1. The Morgan fingerprint density at radius 3 is 2.65 bits per heavy atom. The fraction of sp³-hybridized carbons (Fsp3) is 0.368. The van der Waals surface area contributed by atoms with Crippen LogP contribution >= 0.6 is 27.7 Å². The molecular weight excluding hydrogens is 368 g/mol. The van der Waals surface area contributed by atoms with Crippen LogP contribution in [0.15, 0.2) is 56.7 Å². The molecule has 2 aliphatic heterocycles. The minimum atomic E-state index is 0.652. The lowest BCUT2D eigenvalue weighted by atomic mass is 9.89. The van der Waals surface area contributed by atoms with Crippen LogP contribution in [-0.4, -0.2) is 38.1 Å². The highest BCUT2D eigenvalue weighted by atomic mass is 79.9. The van der Waals surface area contributed by atoms with Crippen LogP contribution in [0.2, 0.25) is 0 Å². The molecule has 2 heterocycles. The Bertz CT molecular complexity index is 716. The molecule has 0 amide bonds. The lowest BCUT2D eigenvalue weighted by molar-refractivity contribution is 0.234. The summed E-state index contributed by atoms with van der Waals surface area (Å²) in [5.74, 6) is 0.652. The van der Waals surface area contributed by atoms with Gasteiger partial charge in [-0.05, 0) is 55.9 Å². The molecule has 1 saturated heterocycles. The Kier molecular flexibility index (Phi) is 4.16. The van der Waals surface area contributed by atoms with E-state index in [4.69, 9.17) is 0 Å². The summed E-state index contributed by atoms with van der Waals surface area (Å²) >= 11 is 5.39. The Labute approximate surface area is 151 Å². The topological polar surface area (TPSA) is 6.48 Å². The summed E-state index contributed by atoms with van der Waals surface area (Å²) in [6.45, 7) is 2.38. The number of halogens is 1. The van der Waals surface area contributed by atoms with Crippen molar-refractivity contribution >= 4 is 33.4 Å². The first kappa shape index (κ1) is 15.6. The molecular formula is C19H21BrN2S. The van der Waals surface area contributed by atoms with Gasteiger partial charge in [0.2, 0.25) is 0 Å². The van der Waals surface area contributed by atoms with Gasteiger partial charge in [0.05, 0.1) is 5.69 Å². The maximum Gasteiger partial charge on any atom is 0.0544 e. The van der Waals surface area contributed by atoms with Crippen molar-refractivity contribution in [2.75, 3.05) is 32.1 Å². The highest BCUT2D eigenvalue weighted by molar-refractivity contribution is 9.10. The lowest BCUT2D eigenvalue weighted by Gasteiger charge is -2.35. The van der Waals surface area contributed by atoms with Crippen LogP contribution in [0.1, 0.15) is 17.9 Å². The van der Waals surface area contributed by atoms with E-state index in [-0.39, 0.29) is 0 Å². The summed E-state index contributed by atoms with van der Waals surface area (Å²) in [5, 5.41) is 0. The van der Waals surface area contributed by atoms with Crippen LogP contribution in [0, 0.1) is 0 Å². The number of nitrogens with zero attached hydrogens (tertiary/aromatic N) is 2. The molecule has 0 spiro atoms. The fourth-order valence-corrected chi connectivity index (χ4v) is 5.26. The summed E-state index contributed by atoms with van der Waals surface area (Å²) in [7, 11) is 4.52. The van der Waals surface area contributed by atoms with Gasteiger partial charge in [0.15, 0.2) is 0 Å². The number of fused-ring (bicyclic) bond motifs is 3. The summed E-state index contributed by atoms with van der Waals surface area (Å²) in [5.41, 5.74) is 2.98. The van der Waals surface area contributed by atoms with Crippen molar-refractivity contribution in [3.05, 3.63) is 52.5 Å². The predicted octanol–water partition coefficient (Wildman–Crippen LogP) is 4.84. The highest BCUT2D eigenvalue weighted by Crippen LogP contribution is 2.49. The number of piperidine rings is 1. The van der Waals surface area contributed by atoms with Gasteiger partial charge in [-0.3, -0.25) is 0 Å². The number of rotatable bonds is 2. The quantitative estimate of drug-likeness (QED) is 0.726. The van der Waals surface area contributed by atoms with Crippen LogP contribution in [0.5, 0.6) is 0 Å². The van der Waals surface area contributed by atoms with Gasteiger partial charge in [0, 0.05) is 39.8 Å². The van der Waals surface area contributed by atoms with E-state index in [9.17, 15) is 0 Å². The Hall–Kier alpha value is -0.970. The van der Waals surface area contributed by atoms with Crippen molar-refractivity contribution < 1.29 is 0 Å². The molecule has 2 aromatic carbocycles. The first-order valence-corrected chi connectivity index (χ1v) is 9.72. The lowest BCUT2D eigenvalue weighted by Crippen LogP contribution is -2.43. The SMILES string of the molecule is CN1CC[C@@H]2[C@@H](C1)c1cccc(Sc3ccc(Br)cc3)c1N2C. The third-order valence-corrected chi connectivity index (χ3v) is 6.69. The van der Waals surface area contributed by atoms with E-state index >= 15 is 0 Å². The first-order chi connectivity index (χ1) is 11.1. The van der Waals surface area contributed by atoms with Crippen molar-refractivity contribution in [2.45, 2.75) is 28.2 Å². The fourth-order valence-electron chi connectivity index (χ4n) is 3.97. The van der Waals surface area contributed by atoms with Crippen molar-refractivity contribution in [1.29, 1.82) is 0 Å². The van der Waals surface area contributed by atoms with Gasteiger partial charge < -0.3 is 9.80 Å². The van der Waals surface area contributed by atoms with Crippen molar-refractivity contribution in [2.24, 2.45) is 0 Å². The Balaban J connectivity index is 1.70. The third kappa shape index (κ3) is 2.81. The molecule has 0 aliphatic carbocycles. The Morgan fingerprint density at radius 2 is 1.87 bits per heavy atom. The van der Waals surface area contributed by atoms with Crippen LogP contribution in [-0.2, 0) is 0 Å². The summed E-state index contributed by atoms with van der Waals surface area (Å²) in [6.07, 6.45) is 1.26. The van der Waals surface area contributed by atoms with Gasteiger partial charge in [0.1, 0.15) is 0 Å². The van der Waals surface area contributed by atoms with Gasteiger partial charge in [-0.15, -0.1) is 0 Å². The maximum atomic E-state index is 3.52. The zero-order valence-corrected chi connectivity index (χ0v) is 15.9. The van der Waals surface area contributed by atoms with Crippen molar-refractivity contribution in [3.63, 3.8) is 0 Å². The van der Waals surface area contributed by atoms with Gasteiger partial charge in [-0.2, -0.15) is 0 Å². The summed E-state index contributed by atoms with van der Waals surface area (Å²) in [4.78, 5) is 7.68. The molecule has 120 valence electrons. The molecule has 23 heavy (non-hydrogen) atoms. The maximum absolute atomic E-state index is 3.52. The van der Waals surface area contributed by atoms with E-state index in [1.807, 2.05) is 11.8 Å². The normalized spacial score (nSPS) is 23.7. The van der Waals surface area contributed by atoms with E-state index in [1.165, 1.54) is 40.6 Å². The first-order valence-electron chi connectivity index (χ1n) is 8.11. The molecule has 2 aliphatic rings. The Morgan fingerprint density at radius 1 is 1.09 bits per heavy atom. The number of hydrogen-bond acceptors (Lipinski definition) is 3. The van der Waals surface area contributed by atoms with E-state index in [0.717, 1.165) is 4.47 Å². The molecule has 0 N–H and O–H groups in total. The number of hydrogen-bond donors (Lipinski definition) is 0. The smallest absolute Gasteiger partial charge is 0.0544 e. The average Bonchev–Trinajstić information content (AvgIpc) is 2.83. The highest BCUT2D eigenvalue weighted by Gasteiger charge is 2.40. The number of benzene rings is 2. The number of anilines is 1. The van der Waals surface area contributed by atoms with Gasteiger partial charge >= 0.3 is 0 Å². The second-order valence-electron chi connectivity index (χ2n) is 6.59. The average molecular weight is 389 g/mol. The predicted molar refractivity (Wildman–Crippen MR) is 102 cm³/mol. The molecule has 0 radical (unpaired) electrons. The van der Waals surface area contributed by atoms with E-state index in [1.54, 1.807) is 0 Å². The molecule has 2 atom stereocenters. The molecule has 1 fully saturated rings. The molecule has 4 heteroatoms. The minimum Gasteiger partial charge on any atom is -0.370 e. The molecule has 4 rings (SSSR count). The summed E-state index contributed by atoms with van der Waals surface area (Å²) < 4.78 is 1.13. The largest absolute Gasteiger partial charge is 0.370 e. The molecule has 0 saturated carbocycles. The van der Waals surface area contributed by atoms with Gasteiger partial charge in [-0.1, -0.05) is 39.8 Å². The zero-order valence-electron chi connectivity index (χ0n) is 13.5. The molecule has 0 unspecified atom stereocenters. The molecule has 0 bridgehead atoms. The molecule has 0 aromatic heterocycles. The van der Waals surface area contributed by atoms with Crippen LogP contribution in [0.4, 0.5) is 5.69 Å². The minimum absolute atomic E-state index is 0.652. The zero-order chi connectivity index (χ0) is 16.0. The van der Waals surface area contributed by atoms with E-state index < -0.39 is 0 Å². The van der Waals surface area contributed by atoms with Gasteiger partial charge in [0.25, 0.3) is 0 Å². The van der Waals surface area contributed by atoms with E-state index in [0.29, 0.717) is 12.0 Å². The molecule has 2 nitrogen and oxygen atoms in total. The molecule has 2 aromatic rings.